The van der Waals surface area contributed by atoms with E-state index in [0.29, 0.717) is 13.2 Å². The van der Waals surface area contributed by atoms with Crippen LogP contribution in [0.2, 0.25) is 0 Å². The van der Waals surface area contributed by atoms with Crippen molar-refractivity contribution in [3.8, 4) is 28.4 Å². The van der Waals surface area contributed by atoms with Crippen LogP contribution in [0.1, 0.15) is 0 Å². The largest absolute Gasteiger partial charge is 0.491 e. The molecule has 2 aliphatic heterocycles. The first kappa shape index (κ1) is 16.4. The molecule has 3 aromatic rings. The van der Waals surface area contributed by atoms with Crippen LogP contribution in [-0.2, 0) is 9.47 Å². The van der Waals surface area contributed by atoms with E-state index in [1.807, 2.05) is 65.6 Å². The Balaban J connectivity index is 1.24. The maximum Gasteiger partial charge on any atom is 0.119 e. The second-order valence-electron chi connectivity index (χ2n) is 6.72. The van der Waals surface area contributed by atoms with Crippen LogP contribution in [0.3, 0.4) is 0 Å². The molecule has 6 heteroatoms. The highest BCUT2D eigenvalue weighted by Crippen LogP contribution is 2.24. The summed E-state index contributed by atoms with van der Waals surface area (Å²) < 4.78 is 23.7. The van der Waals surface area contributed by atoms with E-state index in [1.165, 1.54) is 0 Å². The van der Waals surface area contributed by atoms with Crippen LogP contribution in [0, 0.1) is 0 Å². The van der Waals surface area contributed by atoms with Crippen molar-refractivity contribution in [1.82, 2.24) is 9.55 Å². The van der Waals surface area contributed by atoms with Gasteiger partial charge >= 0.3 is 0 Å². The van der Waals surface area contributed by atoms with Crippen molar-refractivity contribution in [1.29, 1.82) is 0 Å². The predicted molar refractivity (Wildman–Crippen MR) is 99.5 cm³/mol. The number of ether oxygens (including phenoxy) is 4. The highest BCUT2D eigenvalue weighted by atomic mass is 16.6. The third-order valence-corrected chi connectivity index (χ3v) is 4.54. The molecular formula is C21H20N2O4. The van der Waals surface area contributed by atoms with Gasteiger partial charge in [0.2, 0.25) is 0 Å². The van der Waals surface area contributed by atoms with E-state index in [-0.39, 0.29) is 12.2 Å². The number of nitrogens with zero attached hydrogens (tertiary/aromatic N) is 2. The first-order valence-electron chi connectivity index (χ1n) is 9.07. The molecule has 2 fully saturated rings. The monoisotopic (exact) mass is 364 g/mol. The van der Waals surface area contributed by atoms with Gasteiger partial charge in [0.15, 0.2) is 0 Å². The number of epoxide rings is 2. The van der Waals surface area contributed by atoms with E-state index in [1.54, 1.807) is 0 Å². The summed E-state index contributed by atoms with van der Waals surface area (Å²) in [6, 6.07) is 15.9. The Morgan fingerprint density at radius 3 is 1.96 bits per heavy atom. The van der Waals surface area contributed by atoms with E-state index < -0.39 is 0 Å². The molecule has 2 aliphatic rings. The predicted octanol–water partition coefficient (Wildman–Crippen LogP) is 3.09. The zero-order valence-corrected chi connectivity index (χ0v) is 14.8. The highest BCUT2D eigenvalue weighted by Gasteiger charge is 2.23. The minimum Gasteiger partial charge on any atom is -0.491 e. The van der Waals surface area contributed by atoms with Crippen molar-refractivity contribution in [2.75, 3.05) is 26.4 Å². The molecule has 138 valence electrons. The Morgan fingerprint density at radius 2 is 1.41 bits per heavy atom. The van der Waals surface area contributed by atoms with Crippen molar-refractivity contribution in [2.24, 2.45) is 0 Å². The van der Waals surface area contributed by atoms with Gasteiger partial charge in [0.1, 0.15) is 36.9 Å². The van der Waals surface area contributed by atoms with Gasteiger partial charge in [-0.05, 0) is 48.5 Å². The van der Waals surface area contributed by atoms with E-state index in [9.17, 15) is 0 Å². The lowest BCUT2D eigenvalue weighted by Crippen LogP contribution is -2.03. The number of imidazole rings is 1. The van der Waals surface area contributed by atoms with Gasteiger partial charge in [0.05, 0.1) is 25.2 Å². The molecule has 1 aromatic heterocycles. The Labute approximate surface area is 157 Å². The number of benzene rings is 2. The zero-order chi connectivity index (χ0) is 18.1. The minimum absolute atomic E-state index is 0.263. The third-order valence-electron chi connectivity index (χ3n) is 4.54. The average molecular weight is 364 g/mol. The quantitative estimate of drug-likeness (QED) is 0.575. The Morgan fingerprint density at radius 1 is 0.852 bits per heavy atom. The summed E-state index contributed by atoms with van der Waals surface area (Å²) >= 11 is 0. The lowest BCUT2D eigenvalue weighted by Gasteiger charge is -2.06. The van der Waals surface area contributed by atoms with Crippen molar-refractivity contribution >= 4 is 0 Å². The molecule has 27 heavy (non-hydrogen) atoms. The molecule has 0 N–H and O–H groups in total. The molecule has 0 radical (unpaired) electrons. The number of rotatable bonds is 8. The molecule has 0 saturated carbocycles. The summed E-state index contributed by atoms with van der Waals surface area (Å²) in [7, 11) is 0. The second kappa shape index (κ2) is 7.06. The molecule has 6 nitrogen and oxygen atoms in total. The van der Waals surface area contributed by atoms with Crippen molar-refractivity contribution < 1.29 is 18.9 Å². The van der Waals surface area contributed by atoms with Crippen LogP contribution in [0.25, 0.3) is 16.9 Å². The second-order valence-corrected chi connectivity index (χ2v) is 6.72. The number of aromatic nitrogens is 2. The standard InChI is InChI=1S/C21H20N2O4/c1-5-17(24-10-19-12-26-19)6-2-15(1)21-9-23(14-22-21)16-3-7-18(8-4-16)25-11-20-13-27-20/h1-9,14,19-20H,10-13H2. The number of hydrogen-bond donors (Lipinski definition) is 0. The Bertz CT molecular complexity index is 823. The van der Waals surface area contributed by atoms with Crippen molar-refractivity contribution in [3.63, 3.8) is 0 Å². The van der Waals surface area contributed by atoms with Crippen LogP contribution < -0.4 is 9.47 Å². The lowest BCUT2D eigenvalue weighted by molar-refractivity contribution is 0.263. The van der Waals surface area contributed by atoms with Gasteiger partial charge in [0.25, 0.3) is 0 Å². The van der Waals surface area contributed by atoms with Crippen molar-refractivity contribution in [2.45, 2.75) is 12.2 Å². The fourth-order valence-electron chi connectivity index (χ4n) is 2.76. The van der Waals surface area contributed by atoms with Gasteiger partial charge in [-0.15, -0.1) is 0 Å². The summed E-state index contributed by atoms with van der Waals surface area (Å²) in [5.74, 6) is 1.70. The maximum atomic E-state index is 5.68. The van der Waals surface area contributed by atoms with Crippen LogP contribution in [0.4, 0.5) is 0 Å². The first-order valence-corrected chi connectivity index (χ1v) is 9.07. The molecule has 2 saturated heterocycles. The molecule has 2 aromatic carbocycles. The first-order chi connectivity index (χ1) is 13.3. The fraction of sp³-hybridized carbons (Fsp3) is 0.286. The third kappa shape index (κ3) is 4.13. The van der Waals surface area contributed by atoms with Crippen LogP contribution in [0.15, 0.2) is 61.1 Å². The Hall–Kier alpha value is -2.83. The lowest BCUT2D eigenvalue weighted by atomic mass is 10.1. The number of hydrogen-bond acceptors (Lipinski definition) is 5. The van der Waals surface area contributed by atoms with Gasteiger partial charge in [0, 0.05) is 17.4 Å². The molecule has 0 amide bonds. The summed E-state index contributed by atoms with van der Waals surface area (Å²) in [5, 5.41) is 0. The van der Waals surface area contributed by atoms with Crippen molar-refractivity contribution in [3.05, 3.63) is 61.1 Å². The van der Waals surface area contributed by atoms with Gasteiger partial charge in [-0.1, -0.05) is 0 Å². The zero-order valence-electron chi connectivity index (χ0n) is 14.8. The fourth-order valence-corrected chi connectivity index (χ4v) is 2.76. The highest BCUT2D eigenvalue weighted by molar-refractivity contribution is 5.60. The molecule has 0 bridgehead atoms. The van der Waals surface area contributed by atoms with Gasteiger partial charge in [-0.25, -0.2) is 4.98 Å². The van der Waals surface area contributed by atoms with Crippen LogP contribution in [0.5, 0.6) is 11.5 Å². The van der Waals surface area contributed by atoms with E-state index in [4.69, 9.17) is 18.9 Å². The molecule has 2 unspecified atom stereocenters. The molecule has 5 rings (SSSR count). The van der Waals surface area contributed by atoms with E-state index in [0.717, 1.165) is 41.7 Å². The van der Waals surface area contributed by atoms with Crippen LogP contribution in [-0.4, -0.2) is 48.2 Å². The van der Waals surface area contributed by atoms with Crippen LogP contribution >= 0.6 is 0 Å². The molecule has 3 heterocycles. The average Bonchev–Trinajstić information content (AvgIpc) is 3.65. The molecule has 0 aliphatic carbocycles. The molecule has 0 spiro atoms. The molecular weight excluding hydrogens is 344 g/mol. The molecule has 2 atom stereocenters. The van der Waals surface area contributed by atoms with Gasteiger partial charge in [-0.3, -0.25) is 0 Å². The topological polar surface area (TPSA) is 61.3 Å². The normalized spacial score (nSPS) is 20.3. The summed E-state index contributed by atoms with van der Waals surface area (Å²) in [4.78, 5) is 4.52. The SMILES string of the molecule is c1cc(-c2cn(-c3ccc(OCC4CO4)cc3)cn2)ccc1OCC1CO1. The van der Waals surface area contributed by atoms with Gasteiger partial charge in [-0.2, -0.15) is 0 Å². The van der Waals surface area contributed by atoms with E-state index >= 15 is 0 Å². The summed E-state index contributed by atoms with van der Waals surface area (Å²) in [6.45, 7) is 2.83. The smallest absolute Gasteiger partial charge is 0.119 e. The summed E-state index contributed by atoms with van der Waals surface area (Å²) in [5.41, 5.74) is 3.00. The minimum atomic E-state index is 0.263. The Kier molecular flexibility index (Phi) is 4.27. The maximum absolute atomic E-state index is 5.68. The summed E-state index contributed by atoms with van der Waals surface area (Å²) in [6.07, 6.45) is 4.36. The van der Waals surface area contributed by atoms with Gasteiger partial charge < -0.3 is 23.5 Å². The van der Waals surface area contributed by atoms with E-state index in [2.05, 4.69) is 4.98 Å².